The molecule has 3 nitrogen and oxygen atoms in total. The fourth-order valence-electron chi connectivity index (χ4n) is 1.20. The molecular formula is C9H18FNO2. The zero-order valence-corrected chi connectivity index (χ0v) is 8.27. The highest BCUT2D eigenvalue weighted by atomic mass is 19.1. The summed E-state index contributed by atoms with van der Waals surface area (Å²) in [6.07, 6.45) is 1.73. The normalized spacial score (nSPS) is 15.3. The van der Waals surface area contributed by atoms with Crippen LogP contribution in [0.15, 0.2) is 0 Å². The van der Waals surface area contributed by atoms with Gasteiger partial charge >= 0.3 is 5.97 Å². The van der Waals surface area contributed by atoms with Crippen molar-refractivity contribution < 1.29 is 14.3 Å². The van der Waals surface area contributed by atoms with Crippen molar-refractivity contribution in [2.45, 2.75) is 38.6 Å². The lowest BCUT2D eigenvalue weighted by molar-refractivity contribution is -0.144. The van der Waals surface area contributed by atoms with Crippen molar-refractivity contribution in [1.82, 2.24) is 5.32 Å². The number of hydrogen-bond donors (Lipinski definition) is 2. The average Bonchev–Trinajstić information content (AvgIpc) is 2.05. The van der Waals surface area contributed by atoms with Crippen LogP contribution in [0, 0.1) is 0 Å². The molecule has 0 fully saturated rings. The summed E-state index contributed by atoms with van der Waals surface area (Å²) in [4.78, 5) is 10.8. The molecule has 0 saturated carbocycles. The maximum Gasteiger partial charge on any atom is 0.323 e. The number of halogens is 1. The number of carboxylic acids is 1. The average molecular weight is 191 g/mol. The maximum absolute atomic E-state index is 11.8. The first-order valence-electron chi connectivity index (χ1n) is 4.61. The number of nitrogens with one attached hydrogen (secondary N) is 1. The first-order chi connectivity index (χ1) is 6.06. The third kappa shape index (κ3) is 4.22. The third-order valence-corrected chi connectivity index (χ3v) is 2.05. The van der Waals surface area contributed by atoms with Gasteiger partial charge in [0.2, 0.25) is 0 Å². The fourth-order valence-corrected chi connectivity index (χ4v) is 1.20. The van der Waals surface area contributed by atoms with E-state index in [0.29, 0.717) is 19.4 Å². The van der Waals surface area contributed by atoms with Gasteiger partial charge in [-0.3, -0.25) is 9.18 Å². The van der Waals surface area contributed by atoms with Crippen molar-refractivity contribution in [3.8, 4) is 0 Å². The minimum Gasteiger partial charge on any atom is -0.480 e. The van der Waals surface area contributed by atoms with E-state index in [-0.39, 0.29) is 0 Å². The Morgan fingerprint density at radius 2 is 2.23 bits per heavy atom. The monoisotopic (exact) mass is 191 g/mol. The SMILES string of the molecule is CCCC(C)(NCCCF)C(=O)O. The lowest BCUT2D eigenvalue weighted by Gasteiger charge is -2.25. The molecule has 0 bridgehead atoms. The summed E-state index contributed by atoms with van der Waals surface area (Å²) >= 11 is 0. The van der Waals surface area contributed by atoms with Crippen LogP contribution in [0.5, 0.6) is 0 Å². The second-order valence-electron chi connectivity index (χ2n) is 3.36. The molecule has 0 aromatic carbocycles. The first kappa shape index (κ1) is 12.4. The number of aliphatic carboxylic acids is 1. The topological polar surface area (TPSA) is 49.3 Å². The van der Waals surface area contributed by atoms with Crippen molar-refractivity contribution in [2.24, 2.45) is 0 Å². The van der Waals surface area contributed by atoms with Crippen molar-refractivity contribution in [2.75, 3.05) is 13.2 Å². The van der Waals surface area contributed by atoms with Crippen molar-refractivity contribution in [1.29, 1.82) is 0 Å². The van der Waals surface area contributed by atoms with E-state index >= 15 is 0 Å². The molecule has 0 rings (SSSR count). The Hall–Kier alpha value is -0.640. The standard InChI is InChI=1S/C9H18FNO2/c1-3-5-9(2,8(12)13)11-7-4-6-10/h11H,3-7H2,1-2H3,(H,12,13). The molecule has 0 saturated heterocycles. The van der Waals surface area contributed by atoms with Crippen LogP contribution in [0.2, 0.25) is 0 Å². The highest BCUT2D eigenvalue weighted by Gasteiger charge is 2.30. The molecule has 0 aliphatic carbocycles. The summed E-state index contributed by atoms with van der Waals surface area (Å²) in [6.45, 7) is 3.57. The van der Waals surface area contributed by atoms with Crippen LogP contribution in [0.1, 0.15) is 33.1 Å². The number of carbonyl (C=O) groups is 1. The molecule has 0 amide bonds. The highest BCUT2D eigenvalue weighted by Crippen LogP contribution is 2.12. The van der Waals surface area contributed by atoms with Crippen LogP contribution in [-0.4, -0.2) is 29.8 Å². The summed E-state index contributed by atoms with van der Waals surface area (Å²) in [5.74, 6) is -0.867. The van der Waals surface area contributed by atoms with E-state index in [2.05, 4.69) is 5.32 Å². The Balaban J connectivity index is 4.00. The molecule has 0 aromatic rings. The Labute approximate surface area is 78.3 Å². The highest BCUT2D eigenvalue weighted by molar-refractivity contribution is 5.78. The molecule has 4 heteroatoms. The fraction of sp³-hybridized carbons (Fsp3) is 0.889. The predicted octanol–water partition coefficient (Wildman–Crippen LogP) is 1.58. The van der Waals surface area contributed by atoms with Crippen LogP contribution in [0.25, 0.3) is 0 Å². The minimum absolute atomic E-state index is 0.368. The molecule has 0 aromatic heterocycles. The van der Waals surface area contributed by atoms with Gasteiger partial charge in [-0.25, -0.2) is 0 Å². The number of rotatable bonds is 7. The molecule has 2 N–H and O–H groups in total. The molecule has 0 aliphatic rings. The van der Waals surface area contributed by atoms with Crippen LogP contribution >= 0.6 is 0 Å². The summed E-state index contributed by atoms with van der Waals surface area (Å²) in [6, 6.07) is 0. The smallest absolute Gasteiger partial charge is 0.323 e. The van der Waals surface area contributed by atoms with E-state index in [0.717, 1.165) is 6.42 Å². The summed E-state index contributed by atoms with van der Waals surface area (Å²) < 4.78 is 11.8. The Morgan fingerprint density at radius 1 is 1.62 bits per heavy atom. The second-order valence-corrected chi connectivity index (χ2v) is 3.36. The lowest BCUT2D eigenvalue weighted by atomic mass is 9.96. The van der Waals surface area contributed by atoms with Gasteiger partial charge in [0.05, 0.1) is 6.67 Å². The van der Waals surface area contributed by atoms with Crippen molar-refractivity contribution >= 4 is 5.97 Å². The van der Waals surface area contributed by atoms with Crippen LogP contribution < -0.4 is 5.32 Å². The van der Waals surface area contributed by atoms with Crippen molar-refractivity contribution in [3.05, 3.63) is 0 Å². The molecule has 13 heavy (non-hydrogen) atoms. The zero-order chi connectivity index (χ0) is 10.3. The van der Waals surface area contributed by atoms with E-state index < -0.39 is 18.2 Å². The molecule has 0 radical (unpaired) electrons. The summed E-state index contributed by atoms with van der Waals surface area (Å²) in [5.41, 5.74) is -0.899. The molecule has 0 aliphatic heterocycles. The van der Waals surface area contributed by atoms with Crippen molar-refractivity contribution in [3.63, 3.8) is 0 Å². The van der Waals surface area contributed by atoms with Gasteiger partial charge in [0.25, 0.3) is 0 Å². The molecule has 1 atom stereocenters. The van der Waals surface area contributed by atoms with Gasteiger partial charge in [-0.1, -0.05) is 13.3 Å². The van der Waals surface area contributed by atoms with Gasteiger partial charge < -0.3 is 10.4 Å². The first-order valence-corrected chi connectivity index (χ1v) is 4.61. The van der Waals surface area contributed by atoms with E-state index in [1.54, 1.807) is 6.92 Å². The van der Waals surface area contributed by atoms with Gasteiger partial charge in [-0.05, 0) is 26.3 Å². The number of hydrogen-bond acceptors (Lipinski definition) is 2. The maximum atomic E-state index is 11.8. The number of carboxylic acid groups (broad SMARTS) is 1. The predicted molar refractivity (Wildman–Crippen MR) is 49.5 cm³/mol. The molecule has 78 valence electrons. The van der Waals surface area contributed by atoms with Crippen LogP contribution in [-0.2, 0) is 4.79 Å². The molecule has 1 unspecified atom stereocenters. The van der Waals surface area contributed by atoms with Gasteiger partial charge in [0.1, 0.15) is 5.54 Å². The van der Waals surface area contributed by atoms with E-state index in [1.807, 2.05) is 6.92 Å². The Morgan fingerprint density at radius 3 is 2.62 bits per heavy atom. The molecule has 0 spiro atoms. The number of alkyl halides is 1. The van der Waals surface area contributed by atoms with Gasteiger partial charge in [-0.2, -0.15) is 0 Å². The van der Waals surface area contributed by atoms with E-state index in [1.165, 1.54) is 0 Å². The van der Waals surface area contributed by atoms with Gasteiger partial charge in [0.15, 0.2) is 0 Å². The Kier molecular flexibility index (Phi) is 5.62. The third-order valence-electron chi connectivity index (χ3n) is 2.05. The van der Waals surface area contributed by atoms with Crippen LogP contribution in [0.4, 0.5) is 4.39 Å². The largest absolute Gasteiger partial charge is 0.480 e. The van der Waals surface area contributed by atoms with Gasteiger partial charge in [0, 0.05) is 0 Å². The second kappa shape index (κ2) is 5.91. The van der Waals surface area contributed by atoms with E-state index in [9.17, 15) is 9.18 Å². The minimum atomic E-state index is -0.899. The molecule has 0 heterocycles. The van der Waals surface area contributed by atoms with Crippen LogP contribution in [0.3, 0.4) is 0 Å². The van der Waals surface area contributed by atoms with Gasteiger partial charge in [-0.15, -0.1) is 0 Å². The quantitative estimate of drug-likeness (QED) is 0.601. The lowest BCUT2D eigenvalue weighted by Crippen LogP contribution is -2.49. The molecular weight excluding hydrogens is 173 g/mol. The van der Waals surface area contributed by atoms with E-state index in [4.69, 9.17) is 5.11 Å². The summed E-state index contributed by atoms with van der Waals surface area (Å²) in [5, 5.41) is 11.8. The zero-order valence-electron chi connectivity index (χ0n) is 8.27. The Bertz CT molecular complexity index is 164. The summed E-state index contributed by atoms with van der Waals surface area (Å²) in [7, 11) is 0.